The van der Waals surface area contributed by atoms with E-state index in [4.69, 9.17) is 9.47 Å². The Morgan fingerprint density at radius 2 is 1.77 bits per heavy atom. The maximum atomic E-state index is 12.6. The molecule has 0 aliphatic carbocycles. The molecular weight excluding hydrogens is 326 g/mol. The summed E-state index contributed by atoms with van der Waals surface area (Å²) in [4.78, 5) is 15.9. The van der Waals surface area contributed by atoms with E-state index in [1.54, 1.807) is 14.0 Å². The highest BCUT2D eigenvalue weighted by Gasteiger charge is 2.23. The van der Waals surface area contributed by atoms with Crippen LogP contribution >= 0.6 is 0 Å². The summed E-state index contributed by atoms with van der Waals surface area (Å²) in [6.45, 7) is 2.12. The maximum absolute atomic E-state index is 12.6. The molecule has 4 aromatic rings. The van der Waals surface area contributed by atoms with Crippen molar-refractivity contribution in [1.29, 1.82) is 0 Å². The van der Waals surface area contributed by atoms with E-state index in [0.29, 0.717) is 18.1 Å². The van der Waals surface area contributed by atoms with Crippen LogP contribution in [0.4, 0.5) is 0 Å². The Morgan fingerprint density at radius 1 is 1.04 bits per heavy atom. The van der Waals surface area contributed by atoms with Crippen LogP contribution in [0, 0.1) is 0 Å². The molecule has 0 spiro atoms. The molecule has 0 saturated carbocycles. The highest BCUT2D eigenvalue weighted by Crippen LogP contribution is 2.41. The number of H-pyrrole nitrogens is 1. The van der Waals surface area contributed by atoms with Crippen LogP contribution in [0.1, 0.15) is 17.4 Å². The number of nitrogens with one attached hydrogen (secondary N) is 1. The summed E-state index contributed by atoms with van der Waals surface area (Å²) < 4.78 is 10.9. The SMILES string of the molecule is CCOC(=O)c1[nH]c2c(OC)cc3ccccc3c2c1-c1ccccc1. The Morgan fingerprint density at radius 3 is 2.50 bits per heavy atom. The summed E-state index contributed by atoms with van der Waals surface area (Å²) in [5.74, 6) is 0.333. The van der Waals surface area contributed by atoms with Crippen molar-refractivity contribution in [2.45, 2.75) is 6.92 Å². The molecule has 1 N–H and O–H groups in total. The van der Waals surface area contributed by atoms with Crippen LogP contribution in [0.3, 0.4) is 0 Å². The van der Waals surface area contributed by atoms with Gasteiger partial charge in [0.2, 0.25) is 0 Å². The third-order valence-electron chi connectivity index (χ3n) is 4.53. The van der Waals surface area contributed by atoms with Crippen LogP contribution < -0.4 is 4.74 Å². The van der Waals surface area contributed by atoms with E-state index < -0.39 is 0 Å². The van der Waals surface area contributed by atoms with Gasteiger partial charge in [0, 0.05) is 10.9 Å². The topological polar surface area (TPSA) is 51.3 Å². The number of aromatic amines is 1. The fourth-order valence-electron chi connectivity index (χ4n) is 3.43. The number of carbonyl (C=O) groups is 1. The predicted molar refractivity (Wildman–Crippen MR) is 104 cm³/mol. The van der Waals surface area contributed by atoms with Gasteiger partial charge in [-0.15, -0.1) is 0 Å². The minimum atomic E-state index is -0.367. The summed E-state index contributed by atoms with van der Waals surface area (Å²) in [5, 5.41) is 3.09. The number of esters is 1. The minimum absolute atomic E-state index is 0.320. The molecule has 0 unspecified atom stereocenters. The number of ether oxygens (including phenoxy) is 2. The Balaban J connectivity index is 2.18. The largest absolute Gasteiger partial charge is 0.495 e. The number of fused-ring (bicyclic) bond motifs is 3. The molecule has 4 nitrogen and oxygen atoms in total. The van der Waals surface area contributed by atoms with E-state index in [2.05, 4.69) is 11.1 Å². The smallest absolute Gasteiger partial charge is 0.355 e. The van der Waals surface area contributed by atoms with E-state index in [1.165, 1.54) is 0 Å². The standard InChI is InChI=1S/C22H19NO3/c1-3-26-22(24)21-18(14-9-5-4-6-10-14)19-16-12-8-7-11-15(16)13-17(25-2)20(19)23-21/h4-13,23H,3H2,1-2H3. The first-order chi connectivity index (χ1) is 12.7. The lowest BCUT2D eigenvalue weighted by molar-refractivity contribution is 0.0521. The van der Waals surface area contributed by atoms with E-state index in [-0.39, 0.29) is 5.97 Å². The number of hydrogen-bond acceptors (Lipinski definition) is 3. The van der Waals surface area contributed by atoms with Crippen LogP contribution in [-0.2, 0) is 4.74 Å². The van der Waals surface area contributed by atoms with Gasteiger partial charge in [0.1, 0.15) is 11.4 Å². The number of hydrogen-bond donors (Lipinski definition) is 1. The minimum Gasteiger partial charge on any atom is -0.495 e. The summed E-state index contributed by atoms with van der Waals surface area (Å²) >= 11 is 0. The summed E-state index contributed by atoms with van der Waals surface area (Å²) in [6.07, 6.45) is 0. The van der Waals surface area contributed by atoms with Gasteiger partial charge in [-0.05, 0) is 29.3 Å². The van der Waals surface area contributed by atoms with E-state index in [9.17, 15) is 4.79 Å². The number of carbonyl (C=O) groups excluding carboxylic acids is 1. The Bertz CT molecular complexity index is 1100. The zero-order valence-corrected chi connectivity index (χ0v) is 14.7. The fraction of sp³-hybridized carbons (Fsp3) is 0.136. The van der Waals surface area contributed by atoms with Crippen LogP contribution in [0.15, 0.2) is 60.7 Å². The Labute approximate surface area is 151 Å². The van der Waals surface area contributed by atoms with Crippen molar-refractivity contribution in [1.82, 2.24) is 4.98 Å². The van der Waals surface area contributed by atoms with Crippen LogP contribution in [0.25, 0.3) is 32.8 Å². The van der Waals surface area contributed by atoms with E-state index >= 15 is 0 Å². The average Bonchev–Trinajstić information content (AvgIpc) is 3.09. The third kappa shape index (κ3) is 2.51. The van der Waals surface area contributed by atoms with Crippen LogP contribution in [-0.4, -0.2) is 24.7 Å². The van der Waals surface area contributed by atoms with Gasteiger partial charge in [0.15, 0.2) is 0 Å². The molecule has 1 aromatic heterocycles. The second kappa shape index (κ2) is 6.56. The lowest BCUT2D eigenvalue weighted by atomic mass is 9.97. The van der Waals surface area contributed by atoms with Crippen molar-refractivity contribution in [2.24, 2.45) is 0 Å². The van der Waals surface area contributed by atoms with Gasteiger partial charge in [-0.1, -0.05) is 54.6 Å². The van der Waals surface area contributed by atoms with Crippen LogP contribution in [0.2, 0.25) is 0 Å². The molecule has 0 saturated heterocycles. The van der Waals surface area contributed by atoms with Gasteiger partial charge in [0.25, 0.3) is 0 Å². The highest BCUT2D eigenvalue weighted by atomic mass is 16.5. The zero-order chi connectivity index (χ0) is 18.1. The molecule has 0 fully saturated rings. The van der Waals surface area contributed by atoms with Gasteiger partial charge in [0.05, 0.1) is 19.2 Å². The number of benzene rings is 3. The monoisotopic (exact) mass is 345 g/mol. The molecule has 0 bridgehead atoms. The van der Waals surface area contributed by atoms with E-state index in [1.807, 2.05) is 54.6 Å². The second-order valence-corrected chi connectivity index (χ2v) is 6.01. The summed E-state index contributed by atoms with van der Waals surface area (Å²) in [6, 6.07) is 20.0. The second-order valence-electron chi connectivity index (χ2n) is 6.01. The lowest BCUT2D eigenvalue weighted by Crippen LogP contribution is -2.06. The molecule has 0 aliphatic heterocycles. The zero-order valence-electron chi connectivity index (χ0n) is 14.7. The average molecular weight is 345 g/mol. The lowest BCUT2D eigenvalue weighted by Gasteiger charge is -2.08. The molecule has 0 amide bonds. The molecule has 4 heteroatoms. The molecule has 1 heterocycles. The van der Waals surface area contributed by atoms with Crippen molar-refractivity contribution in [3.63, 3.8) is 0 Å². The van der Waals surface area contributed by atoms with E-state index in [0.717, 1.165) is 32.8 Å². The molecular formula is C22H19NO3. The molecule has 0 aliphatic rings. The number of rotatable bonds is 4. The number of methoxy groups -OCH3 is 1. The molecule has 130 valence electrons. The number of aromatic nitrogens is 1. The van der Waals surface area contributed by atoms with Crippen molar-refractivity contribution in [3.8, 4) is 16.9 Å². The Kier molecular flexibility index (Phi) is 4.09. The Hall–Kier alpha value is -3.27. The van der Waals surface area contributed by atoms with Gasteiger partial charge >= 0.3 is 5.97 Å². The van der Waals surface area contributed by atoms with Crippen molar-refractivity contribution < 1.29 is 14.3 Å². The first-order valence-electron chi connectivity index (χ1n) is 8.58. The fourth-order valence-corrected chi connectivity index (χ4v) is 3.43. The third-order valence-corrected chi connectivity index (χ3v) is 4.53. The first-order valence-corrected chi connectivity index (χ1v) is 8.58. The van der Waals surface area contributed by atoms with Gasteiger partial charge in [-0.3, -0.25) is 0 Å². The quantitative estimate of drug-likeness (QED) is 0.519. The van der Waals surface area contributed by atoms with Crippen molar-refractivity contribution in [2.75, 3.05) is 13.7 Å². The highest BCUT2D eigenvalue weighted by molar-refractivity contribution is 6.20. The van der Waals surface area contributed by atoms with Gasteiger partial charge in [-0.2, -0.15) is 0 Å². The van der Waals surface area contributed by atoms with Crippen molar-refractivity contribution >= 4 is 27.6 Å². The van der Waals surface area contributed by atoms with Crippen LogP contribution in [0.5, 0.6) is 5.75 Å². The first kappa shape index (κ1) is 16.2. The molecule has 0 atom stereocenters. The molecule has 26 heavy (non-hydrogen) atoms. The van der Waals surface area contributed by atoms with Crippen molar-refractivity contribution in [3.05, 3.63) is 66.4 Å². The summed E-state index contributed by atoms with van der Waals surface area (Å²) in [7, 11) is 1.64. The summed E-state index contributed by atoms with van der Waals surface area (Å²) in [5.41, 5.74) is 3.05. The molecule has 4 rings (SSSR count). The molecule has 3 aromatic carbocycles. The van der Waals surface area contributed by atoms with Gasteiger partial charge in [-0.25, -0.2) is 4.79 Å². The normalized spacial score (nSPS) is 11.0. The maximum Gasteiger partial charge on any atom is 0.355 e. The predicted octanol–water partition coefficient (Wildman–Crippen LogP) is 5.17. The van der Waals surface area contributed by atoms with Gasteiger partial charge < -0.3 is 14.5 Å². The molecule has 0 radical (unpaired) electrons.